The molecular formula is C14H17N3O3S. The number of hydrogen-bond donors (Lipinski definition) is 0. The second-order valence-corrected chi connectivity index (χ2v) is 5.74. The van der Waals surface area contributed by atoms with Crippen molar-refractivity contribution in [2.45, 2.75) is 12.1 Å². The van der Waals surface area contributed by atoms with E-state index in [2.05, 4.69) is 17.6 Å². The molecule has 2 bridgehead atoms. The zero-order valence-electron chi connectivity index (χ0n) is 11.8. The fourth-order valence-electron chi connectivity index (χ4n) is 2.69. The van der Waals surface area contributed by atoms with Crippen molar-refractivity contribution in [2.75, 3.05) is 26.9 Å². The Hall–Kier alpha value is -1.70. The van der Waals surface area contributed by atoms with E-state index in [0.717, 1.165) is 10.6 Å². The second kappa shape index (κ2) is 5.97. The number of fused-ring (bicyclic) bond motifs is 2. The highest BCUT2D eigenvalue weighted by molar-refractivity contribution is 7.10. The van der Waals surface area contributed by atoms with Crippen LogP contribution in [0.5, 0.6) is 0 Å². The highest BCUT2D eigenvalue weighted by atomic mass is 32.1. The Morgan fingerprint density at radius 2 is 2.48 bits per heavy atom. The van der Waals surface area contributed by atoms with Crippen LogP contribution in [0.15, 0.2) is 30.3 Å². The van der Waals surface area contributed by atoms with E-state index in [1.165, 1.54) is 5.06 Å². The summed E-state index contributed by atoms with van der Waals surface area (Å²) >= 11 is 1.56. The van der Waals surface area contributed by atoms with Gasteiger partial charge in [-0.25, -0.2) is 9.78 Å². The molecule has 7 heteroatoms. The number of thiazole rings is 1. The first-order chi connectivity index (χ1) is 10.3. The van der Waals surface area contributed by atoms with Crippen LogP contribution >= 0.6 is 11.3 Å². The number of hydroxylamine groups is 2. The number of aromatic nitrogens is 1. The molecule has 0 radical (unpaired) electrons. The third kappa shape index (κ3) is 2.48. The molecule has 1 aromatic heterocycles. The van der Waals surface area contributed by atoms with Crippen LogP contribution in [0.2, 0.25) is 0 Å². The minimum atomic E-state index is -0.133. The van der Waals surface area contributed by atoms with Crippen LogP contribution in [0, 0.1) is 0 Å². The number of urea groups is 1. The lowest BCUT2D eigenvalue weighted by Gasteiger charge is -2.30. The molecule has 2 aliphatic heterocycles. The number of nitrogens with zero attached hydrogens (tertiary/aromatic N) is 3. The highest BCUT2D eigenvalue weighted by Crippen LogP contribution is 2.35. The lowest BCUT2D eigenvalue weighted by atomic mass is 10.0. The first-order valence-corrected chi connectivity index (χ1v) is 7.58. The van der Waals surface area contributed by atoms with Gasteiger partial charge in [-0.1, -0.05) is 6.08 Å². The van der Waals surface area contributed by atoms with Crippen LogP contribution in [0.1, 0.15) is 5.01 Å². The van der Waals surface area contributed by atoms with E-state index in [4.69, 9.17) is 9.57 Å². The number of rotatable bonds is 6. The van der Waals surface area contributed by atoms with Gasteiger partial charge in [0, 0.05) is 30.8 Å². The standard InChI is InChI=1S/C14H17N3O3S/c1-3-5-20-17-10-7-11(13-15-4-6-21-13)12(9-19-2)16(8-10)14(17)18/h3-4,6-7,10,12H,1,5,8-9H2,2H3/t10-,12-/m1/s1. The van der Waals surface area contributed by atoms with Crippen LogP contribution in [-0.4, -0.2) is 59.9 Å². The third-order valence-corrected chi connectivity index (χ3v) is 4.38. The maximum Gasteiger partial charge on any atom is 0.345 e. The van der Waals surface area contributed by atoms with E-state index in [1.54, 1.807) is 35.6 Å². The van der Waals surface area contributed by atoms with E-state index in [1.807, 2.05) is 5.38 Å². The summed E-state index contributed by atoms with van der Waals surface area (Å²) in [5, 5.41) is 4.27. The molecule has 3 heterocycles. The molecular weight excluding hydrogens is 290 g/mol. The summed E-state index contributed by atoms with van der Waals surface area (Å²) in [6.45, 7) is 4.98. The molecule has 112 valence electrons. The number of carbonyl (C=O) groups is 1. The smallest absolute Gasteiger partial charge is 0.345 e. The predicted octanol–water partition coefficient (Wildman–Crippen LogP) is 1.78. The monoisotopic (exact) mass is 307 g/mol. The normalized spacial score (nSPS) is 24.4. The molecule has 2 atom stereocenters. The molecule has 1 saturated heterocycles. The minimum absolute atomic E-state index is 0.0931. The molecule has 3 rings (SSSR count). The molecule has 6 nitrogen and oxygen atoms in total. The number of ether oxygens (including phenoxy) is 1. The number of hydrogen-bond acceptors (Lipinski definition) is 5. The van der Waals surface area contributed by atoms with Crippen molar-refractivity contribution >= 4 is 22.9 Å². The predicted molar refractivity (Wildman–Crippen MR) is 79.6 cm³/mol. The van der Waals surface area contributed by atoms with Crippen molar-refractivity contribution in [1.82, 2.24) is 14.9 Å². The van der Waals surface area contributed by atoms with Crippen LogP contribution in [0.25, 0.3) is 5.57 Å². The van der Waals surface area contributed by atoms with Gasteiger partial charge in [0.15, 0.2) is 0 Å². The molecule has 0 aromatic carbocycles. The van der Waals surface area contributed by atoms with E-state index in [-0.39, 0.29) is 18.1 Å². The lowest BCUT2D eigenvalue weighted by Crippen LogP contribution is -2.42. The van der Waals surface area contributed by atoms with Gasteiger partial charge in [-0.05, 0) is 6.08 Å². The fourth-order valence-corrected chi connectivity index (χ4v) is 3.40. The van der Waals surface area contributed by atoms with Crippen LogP contribution in [0.4, 0.5) is 4.79 Å². The average Bonchev–Trinajstić information content (AvgIpc) is 3.09. The molecule has 1 aromatic rings. The van der Waals surface area contributed by atoms with Crippen LogP contribution in [-0.2, 0) is 9.57 Å². The Morgan fingerprint density at radius 3 is 3.14 bits per heavy atom. The number of carbonyl (C=O) groups excluding carboxylic acids is 1. The number of amides is 2. The maximum atomic E-state index is 12.5. The van der Waals surface area contributed by atoms with Crippen molar-refractivity contribution in [3.63, 3.8) is 0 Å². The maximum absolute atomic E-state index is 12.5. The van der Waals surface area contributed by atoms with Crippen molar-refractivity contribution in [3.8, 4) is 0 Å². The molecule has 0 N–H and O–H groups in total. The average molecular weight is 307 g/mol. The molecule has 1 fully saturated rings. The first-order valence-electron chi connectivity index (χ1n) is 6.70. The van der Waals surface area contributed by atoms with Gasteiger partial charge in [-0.2, -0.15) is 5.06 Å². The second-order valence-electron chi connectivity index (χ2n) is 4.84. The fraction of sp³-hybridized carbons (Fsp3) is 0.429. The topological polar surface area (TPSA) is 54.9 Å². The van der Waals surface area contributed by atoms with Crippen LogP contribution in [0.3, 0.4) is 0 Å². The van der Waals surface area contributed by atoms with Gasteiger partial charge < -0.3 is 9.64 Å². The van der Waals surface area contributed by atoms with Gasteiger partial charge in [0.05, 0.1) is 25.3 Å². The van der Waals surface area contributed by atoms with Gasteiger partial charge in [0.2, 0.25) is 0 Å². The molecule has 2 amide bonds. The first kappa shape index (κ1) is 14.2. The summed E-state index contributed by atoms with van der Waals surface area (Å²) < 4.78 is 5.29. The largest absolute Gasteiger partial charge is 0.382 e. The van der Waals surface area contributed by atoms with Crippen molar-refractivity contribution in [1.29, 1.82) is 0 Å². The highest BCUT2D eigenvalue weighted by Gasteiger charge is 2.46. The van der Waals surface area contributed by atoms with Crippen molar-refractivity contribution < 1.29 is 14.4 Å². The Morgan fingerprint density at radius 1 is 1.62 bits per heavy atom. The van der Waals surface area contributed by atoms with E-state index in [0.29, 0.717) is 19.8 Å². The van der Waals surface area contributed by atoms with Gasteiger partial charge in [-0.3, -0.25) is 4.84 Å². The quantitative estimate of drug-likeness (QED) is 0.752. The van der Waals surface area contributed by atoms with E-state index < -0.39 is 0 Å². The summed E-state index contributed by atoms with van der Waals surface area (Å²) in [7, 11) is 1.64. The number of methoxy groups -OCH3 is 1. The van der Waals surface area contributed by atoms with Crippen LogP contribution < -0.4 is 0 Å². The van der Waals surface area contributed by atoms with Gasteiger partial charge in [-0.15, -0.1) is 17.9 Å². The molecule has 21 heavy (non-hydrogen) atoms. The summed E-state index contributed by atoms with van der Waals surface area (Å²) in [6.07, 6.45) is 5.46. The van der Waals surface area contributed by atoms with Gasteiger partial charge >= 0.3 is 6.03 Å². The van der Waals surface area contributed by atoms with E-state index in [9.17, 15) is 4.79 Å². The van der Waals surface area contributed by atoms with Crippen molar-refractivity contribution in [2.24, 2.45) is 0 Å². The molecule has 2 aliphatic rings. The lowest BCUT2D eigenvalue weighted by molar-refractivity contribution is -0.107. The Labute approximate surface area is 127 Å². The zero-order valence-corrected chi connectivity index (χ0v) is 12.6. The molecule has 0 spiro atoms. The Bertz CT molecular complexity index is 558. The van der Waals surface area contributed by atoms with Crippen molar-refractivity contribution in [3.05, 3.63) is 35.3 Å². The third-order valence-electron chi connectivity index (χ3n) is 3.56. The van der Waals surface area contributed by atoms with E-state index >= 15 is 0 Å². The molecule has 0 unspecified atom stereocenters. The van der Waals surface area contributed by atoms with Gasteiger partial charge in [0.1, 0.15) is 5.01 Å². The summed E-state index contributed by atoms with van der Waals surface area (Å²) in [4.78, 5) is 24.1. The zero-order chi connectivity index (χ0) is 14.8. The summed E-state index contributed by atoms with van der Waals surface area (Å²) in [5.41, 5.74) is 1.03. The Kier molecular flexibility index (Phi) is 4.05. The van der Waals surface area contributed by atoms with Gasteiger partial charge in [0.25, 0.3) is 0 Å². The Balaban J connectivity index is 1.92. The summed E-state index contributed by atoms with van der Waals surface area (Å²) in [5.74, 6) is 0. The molecule has 0 saturated carbocycles. The molecule has 0 aliphatic carbocycles. The summed E-state index contributed by atoms with van der Waals surface area (Å²) in [6, 6.07) is -0.349. The SMILES string of the molecule is C=CCON1C(=O)N2C[C@H]1C=C(c1nccs1)[C@H]2COC. The minimum Gasteiger partial charge on any atom is -0.382 e.